The highest BCUT2D eigenvalue weighted by Crippen LogP contribution is 1.99. The van der Waals surface area contributed by atoms with Crippen LogP contribution in [0.1, 0.15) is 0 Å². The SMILES string of the molecule is COC(CN)C(=O)NCC1COCCO1. The summed E-state index contributed by atoms with van der Waals surface area (Å²) in [6.07, 6.45) is -0.660. The topological polar surface area (TPSA) is 82.8 Å². The van der Waals surface area contributed by atoms with Gasteiger partial charge in [0.25, 0.3) is 5.91 Å². The van der Waals surface area contributed by atoms with Gasteiger partial charge < -0.3 is 25.3 Å². The first-order valence-electron chi connectivity index (χ1n) is 4.98. The Morgan fingerprint density at radius 3 is 3.00 bits per heavy atom. The summed E-state index contributed by atoms with van der Waals surface area (Å²) in [7, 11) is 1.46. The van der Waals surface area contributed by atoms with Gasteiger partial charge in [0.2, 0.25) is 0 Å². The molecule has 0 aromatic rings. The van der Waals surface area contributed by atoms with Crippen molar-refractivity contribution in [3.05, 3.63) is 0 Å². The summed E-state index contributed by atoms with van der Waals surface area (Å²) in [4.78, 5) is 11.4. The Labute approximate surface area is 89.0 Å². The van der Waals surface area contributed by atoms with Crippen LogP contribution in [0.4, 0.5) is 0 Å². The van der Waals surface area contributed by atoms with Gasteiger partial charge in [-0.2, -0.15) is 0 Å². The van der Waals surface area contributed by atoms with Crippen molar-refractivity contribution in [2.75, 3.05) is 40.0 Å². The van der Waals surface area contributed by atoms with Crippen molar-refractivity contribution < 1.29 is 19.0 Å². The molecule has 6 nitrogen and oxygen atoms in total. The minimum atomic E-state index is -0.588. The fourth-order valence-corrected chi connectivity index (χ4v) is 1.29. The van der Waals surface area contributed by atoms with Crippen LogP contribution >= 0.6 is 0 Å². The molecule has 1 fully saturated rings. The standard InChI is InChI=1S/C9H18N2O4/c1-13-8(4-10)9(12)11-5-7-6-14-2-3-15-7/h7-8H,2-6,10H2,1H3,(H,11,12). The maximum Gasteiger partial charge on any atom is 0.250 e. The lowest BCUT2D eigenvalue weighted by molar-refractivity contribution is -0.132. The molecule has 1 amide bonds. The van der Waals surface area contributed by atoms with Gasteiger partial charge in [0.1, 0.15) is 6.10 Å². The maximum atomic E-state index is 11.4. The number of hydrogen-bond acceptors (Lipinski definition) is 5. The number of amides is 1. The molecule has 1 aliphatic heterocycles. The molecular weight excluding hydrogens is 200 g/mol. The lowest BCUT2D eigenvalue weighted by atomic mass is 10.3. The number of hydrogen-bond donors (Lipinski definition) is 2. The molecule has 0 aromatic heterocycles. The van der Waals surface area contributed by atoms with E-state index in [0.29, 0.717) is 26.4 Å². The molecule has 1 rings (SSSR count). The van der Waals surface area contributed by atoms with Crippen molar-refractivity contribution in [3.63, 3.8) is 0 Å². The molecule has 88 valence electrons. The molecule has 2 unspecified atom stereocenters. The Kier molecular flexibility index (Phi) is 5.56. The van der Waals surface area contributed by atoms with Gasteiger partial charge in [-0.05, 0) is 0 Å². The number of ether oxygens (including phenoxy) is 3. The Balaban J connectivity index is 2.20. The van der Waals surface area contributed by atoms with Gasteiger partial charge in [-0.15, -0.1) is 0 Å². The van der Waals surface area contributed by atoms with Gasteiger partial charge in [-0.3, -0.25) is 4.79 Å². The highest BCUT2D eigenvalue weighted by molar-refractivity contribution is 5.80. The Morgan fingerprint density at radius 2 is 2.47 bits per heavy atom. The third-order valence-corrected chi connectivity index (χ3v) is 2.18. The molecule has 1 saturated heterocycles. The first kappa shape index (κ1) is 12.4. The summed E-state index contributed by atoms with van der Waals surface area (Å²) in [5.74, 6) is -0.214. The predicted octanol–water partition coefficient (Wildman–Crippen LogP) is -1.51. The second kappa shape index (κ2) is 6.73. The molecule has 0 aromatic carbocycles. The van der Waals surface area contributed by atoms with E-state index in [1.165, 1.54) is 7.11 Å². The lowest BCUT2D eigenvalue weighted by Crippen LogP contribution is -2.45. The lowest BCUT2D eigenvalue weighted by Gasteiger charge is -2.23. The Morgan fingerprint density at radius 1 is 1.67 bits per heavy atom. The predicted molar refractivity (Wildman–Crippen MR) is 53.4 cm³/mol. The van der Waals surface area contributed by atoms with Gasteiger partial charge in [0.15, 0.2) is 0 Å². The van der Waals surface area contributed by atoms with E-state index in [0.717, 1.165) is 0 Å². The van der Waals surface area contributed by atoms with Crippen LogP contribution in [-0.2, 0) is 19.0 Å². The summed E-state index contributed by atoms with van der Waals surface area (Å²) >= 11 is 0. The van der Waals surface area contributed by atoms with Crippen LogP contribution in [0.3, 0.4) is 0 Å². The third-order valence-electron chi connectivity index (χ3n) is 2.18. The van der Waals surface area contributed by atoms with Crippen molar-refractivity contribution in [3.8, 4) is 0 Å². The number of methoxy groups -OCH3 is 1. The van der Waals surface area contributed by atoms with E-state index < -0.39 is 6.10 Å². The molecule has 1 heterocycles. The zero-order valence-electron chi connectivity index (χ0n) is 8.90. The summed E-state index contributed by atoms with van der Waals surface area (Å²) < 4.78 is 15.5. The van der Waals surface area contributed by atoms with E-state index in [1.807, 2.05) is 0 Å². The van der Waals surface area contributed by atoms with Crippen LogP contribution in [0.5, 0.6) is 0 Å². The van der Waals surface area contributed by atoms with Crippen LogP contribution < -0.4 is 11.1 Å². The van der Waals surface area contributed by atoms with E-state index in [4.69, 9.17) is 19.9 Å². The van der Waals surface area contributed by atoms with E-state index >= 15 is 0 Å². The van der Waals surface area contributed by atoms with Crippen molar-refractivity contribution in [2.45, 2.75) is 12.2 Å². The zero-order valence-corrected chi connectivity index (χ0v) is 8.90. The quantitative estimate of drug-likeness (QED) is 0.586. The van der Waals surface area contributed by atoms with Crippen LogP contribution in [-0.4, -0.2) is 58.1 Å². The molecule has 1 aliphatic rings. The Bertz CT molecular complexity index is 191. The molecule has 15 heavy (non-hydrogen) atoms. The molecule has 0 saturated carbocycles. The van der Waals surface area contributed by atoms with Crippen molar-refractivity contribution in [1.29, 1.82) is 0 Å². The molecule has 6 heteroatoms. The average molecular weight is 218 g/mol. The minimum Gasteiger partial charge on any atom is -0.376 e. The summed E-state index contributed by atoms with van der Waals surface area (Å²) in [6.45, 7) is 2.31. The fraction of sp³-hybridized carbons (Fsp3) is 0.889. The Hall–Kier alpha value is -0.690. The molecule has 0 spiro atoms. The van der Waals surface area contributed by atoms with E-state index in [1.54, 1.807) is 0 Å². The highest BCUT2D eigenvalue weighted by atomic mass is 16.6. The van der Waals surface area contributed by atoms with Gasteiger partial charge in [-0.25, -0.2) is 0 Å². The molecule has 3 N–H and O–H groups in total. The smallest absolute Gasteiger partial charge is 0.250 e. The van der Waals surface area contributed by atoms with Crippen LogP contribution in [0.15, 0.2) is 0 Å². The first-order chi connectivity index (χ1) is 7.27. The van der Waals surface area contributed by atoms with Crippen molar-refractivity contribution in [2.24, 2.45) is 5.73 Å². The summed E-state index contributed by atoms with van der Waals surface area (Å²) in [5.41, 5.74) is 5.35. The number of carbonyl (C=O) groups is 1. The van der Waals surface area contributed by atoms with Crippen LogP contribution in [0.2, 0.25) is 0 Å². The monoisotopic (exact) mass is 218 g/mol. The average Bonchev–Trinajstić information content (AvgIpc) is 2.29. The third kappa shape index (κ3) is 4.13. The summed E-state index contributed by atoms with van der Waals surface area (Å²) in [6, 6.07) is 0. The molecule has 0 radical (unpaired) electrons. The van der Waals surface area contributed by atoms with Gasteiger partial charge in [-0.1, -0.05) is 0 Å². The van der Waals surface area contributed by atoms with Crippen molar-refractivity contribution >= 4 is 5.91 Å². The minimum absolute atomic E-state index is 0.0713. The van der Waals surface area contributed by atoms with Gasteiger partial charge in [0.05, 0.1) is 25.9 Å². The second-order valence-corrected chi connectivity index (χ2v) is 3.27. The van der Waals surface area contributed by atoms with E-state index in [-0.39, 0.29) is 18.6 Å². The first-order valence-corrected chi connectivity index (χ1v) is 4.98. The van der Waals surface area contributed by atoms with E-state index in [9.17, 15) is 4.79 Å². The number of carbonyl (C=O) groups excluding carboxylic acids is 1. The number of nitrogens with one attached hydrogen (secondary N) is 1. The van der Waals surface area contributed by atoms with Crippen molar-refractivity contribution in [1.82, 2.24) is 5.32 Å². The van der Waals surface area contributed by atoms with Crippen LogP contribution in [0, 0.1) is 0 Å². The maximum absolute atomic E-state index is 11.4. The van der Waals surface area contributed by atoms with Gasteiger partial charge in [0, 0.05) is 20.2 Å². The largest absolute Gasteiger partial charge is 0.376 e. The van der Waals surface area contributed by atoms with E-state index in [2.05, 4.69) is 5.32 Å². The molecule has 0 aliphatic carbocycles. The number of rotatable bonds is 5. The second-order valence-electron chi connectivity index (χ2n) is 3.27. The number of nitrogens with two attached hydrogens (primary N) is 1. The zero-order chi connectivity index (χ0) is 11.1. The highest BCUT2D eigenvalue weighted by Gasteiger charge is 2.19. The molecule has 0 bridgehead atoms. The fourth-order valence-electron chi connectivity index (χ4n) is 1.29. The molecule has 2 atom stereocenters. The normalized spacial score (nSPS) is 23.5. The molecular formula is C9H18N2O4. The van der Waals surface area contributed by atoms with Gasteiger partial charge >= 0.3 is 0 Å². The summed E-state index contributed by atoms with van der Waals surface area (Å²) in [5, 5.41) is 2.71. The van der Waals surface area contributed by atoms with Crippen LogP contribution in [0.25, 0.3) is 0 Å².